The molecule has 3 N–H and O–H groups in total. The highest BCUT2D eigenvalue weighted by molar-refractivity contribution is 5.10. The third kappa shape index (κ3) is 2.44. The van der Waals surface area contributed by atoms with Crippen LogP contribution in [0.3, 0.4) is 0 Å². The first-order valence-electron chi connectivity index (χ1n) is 2.38. The predicted octanol–water partition coefficient (Wildman–Crippen LogP) is -5.37. The molecule has 0 amide bonds. The molecular formula is CH3ClN6O4. The van der Waals surface area contributed by atoms with E-state index in [2.05, 4.69) is 19.9 Å². The summed E-state index contributed by atoms with van der Waals surface area (Å²) >= 11 is 0. The molecule has 12 heavy (non-hydrogen) atoms. The molecule has 1 rings (SSSR count). The van der Waals surface area contributed by atoms with Crippen molar-refractivity contribution in [2.45, 2.75) is 0 Å². The Hall–Kier alpha value is -1.20. The van der Waals surface area contributed by atoms with Crippen molar-refractivity contribution in [2.24, 2.45) is 0 Å². The average Bonchev–Trinajstić information content (AvgIpc) is 2.29. The largest absolute Gasteiger partial charge is 0.365 e. The molecule has 11 heteroatoms. The van der Waals surface area contributed by atoms with E-state index in [4.69, 9.17) is 5.73 Å². The SMILES string of the molecule is Nc1nnnn1NO[Cl+3]([O-])([O-])[O-]. The molecule has 0 aliphatic rings. The number of anilines is 1. The summed E-state index contributed by atoms with van der Waals surface area (Å²) in [6, 6.07) is 0. The van der Waals surface area contributed by atoms with Crippen LogP contribution < -0.4 is 25.3 Å². The van der Waals surface area contributed by atoms with Crippen molar-refractivity contribution < 1.29 is 28.6 Å². The van der Waals surface area contributed by atoms with Crippen molar-refractivity contribution in [1.29, 1.82) is 0 Å². The number of nitrogens with one attached hydrogen (secondary N) is 1. The molecule has 0 spiro atoms. The summed E-state index contributed by atoms with van der Waals surface area (Å²) in [6.45, 7) is 0. The lowest BCUT2D eigenvalue weighted by Crippen LogP contribution is -2.62. The van der Waals surface area contributed by atoms with Gasteiger partial charge in [-0.15, -0.1) is 0 Å². The molecule has 10 nitrogen and oxygen atoms in total. The fourth-order valence-electron chi connectivity index (χ4n) is 0.334. The number of rotatable bonds is 3. The maximum atomic E-state index is 9.85. The summed E-state index contributed by atoms with van der Waals surface area (Å²) in [5.74, 6) is -0.256. The summed E-state index contributed by atoms with van der Waals surface area (Å²) < 4.78 is 33.1. The second-order valence-electron chi connectivity index (χ2n) is 1.50. The predicted molar refractivity (Wildman–Crippen MR) is 22.7 cm³/mol. The highest BCUT2D eigenvalue weighted by Gasteiger charge is 2.19. The maximum absolute atomic E-state index is 9.85. The number of nitrogen functional groups attached to an aromatic ring is 1. The zero-order chi connectivity index (χ0) is 9.19. The normalized spacial score (nSPS) is 11.6. The number of hydrogen-bond donors (Lipinski definition) is 2. The van der Waals surface area contributed by atoms with Gasteiger partial charge in [-0.05, 0) is 16.0 Å². The fourth-order valence-corrected chi connectivity index (χ4v) is 0.484. The number of nitrogens with zero attached hydrogens (tertiary/aromatic N) is 4. The summed E-state index contributed by atoms with van der Waals surface area (Å²) in [5.41, 5.74) is 6.63. The van der Waals surface area contributed by atoms with Crippen molar-refractivity contribution in [3.63, 3.8) is 0 Å². The molecule has 1 aromatic heterocycles. The van der Waals surface area contributed by atoms with E-state index < -0.39 is 10.2 Å². The summed E-state index contributed by atoms with van der Waals surface area (Å²) in [5, 5.41) is 9.28. The molecule has 0 fully saturated rings. The van der Waals surface area contributed by atoms with E-state index in [9.17, 15) is 14.0 Å². The van der Waals surface area contributed by atoms with Crippen LogP contribution in [-0.2, 0) is 4.39 Å². The minimum atomic E-state index is -4.59. The van der Waals surface area contributed by atoms with Crippen molar-refractivity contribution in [3.05, 3.63) is 0 Å². The quantitative estimate of drug-likeness (QED) is 0.452. The lowest BCUT2D eigenvalue weighted by molar-refractivity contribution is -1.92. The number of halogens is 1. The van der Waals surface area contributed by atoms with Gasteiger partial charge in [0.25, 0.3) is 5.95 Å². The summed E-state index contributed by atoms with van der Waals surface area (Å²) in [4.78, 5) is 0.558. The lowest BCUT2D eigenvalue weighted by Gasteiger charge is -2.10. The van der Waals surface area contributed by atoms with Crippen molar-refractivity contribution in [2.75, 3.05) is 11.3 Å². The van der Waals surface area contributed by atoms with E-state index in [1.165, 1.54) is 0 Å². The number of hydrogen-bond acceptors (Lipinski definition) is 9. The van der Waals surface area contributed by atoms with E-state index in [0.29, 0.717) is 4.79 Å². The number of tetrazole rings is 1. The maximum Gasteiger partial charge on any atom is 0.263 e. The van der Waals surface area contributed by atoms with E-state index in [1.54, 1.807) is 5.59 Å². The monoisotopic (exact) mass is 198 g/mol. The van der Waals surface area contributed by atoms with Gasteiger partial charge in [0.2, 0.25) is 4.39 Å². The van der Waals surface area contributed by atoms with Crippen LogP contribution in [0.5, 0.6) is 0 Å². The molecule has 68 valence electrons. The van der Waals surface area contributed by atoms with Gasteiger partial charge < -0.3 is 5.73 Å². The van der Waals surface area contributed by atoms with Crippen molar-refractivity contribution in [1.82, 2.24) is 20.3 Å². The van der Waals surface area contributed by atoms with Crippen LogP contribution in [0.1, 0.15) is 0 Å². The Morgan fingerprint density at radius 3 is 2.58 bits per heavy atom. The minimum absolute atomic E-state index is 0.256. The van der Waals surface area contributed by atoms with Gasteiger partial charge in [-0.1, -0.05) is 9.89 Å². The molecule has 0 saturated carbocycles. The Labute approximate surface area is 67.2 Å². The second-order valence-corrected chi connectivity index (χ2v) is 2.41. The highest BCUT2D eigenvalue weighted by atomic mass is 35.7. The first kappa shape index (κ1) is 8.89. The highest BCUT2D eigenvalue weighted by Crippen LogP contribution is 1.89. The van der Waals surface area contributed by atoms with Gasteiger partial charge in [0, 0.05) is 0 Å². The first-order valence-corrected chi connectivity index (χ1v) is 3.62. The van der Waals surface area contributed by atoms with Gasteiger partial charge in [0.05, 0.1) is 0 Å². The molecule has 0 aliphatic carbocycles. The average molecular weight is 199 g/mol. The van der Waals surface area contributed by atoms with Crippen LogP contribution in [0.2, 0.25) is 0 Å². The minimum Gasteiger partial charge on any atom is -0.365 e. The molecule has 0 saturated heterocycles. The van der Waals surface area contributed by atoms with Gasteiger partial charge >= 0.3 is 0 Å². The smallest absolute Gasteiger partial charge is 0.263 e. The topological polar surface area (TPSA) is 160 Å². The number of aromatic nitrogens is 4. The Kier molecular flexibility index (Phi) is 2.25. The van der Waals surface area contributed by atoms with Crippen LogP contribution in [0.4, 0.5) is 5.95 Å². The molecule has 1 heterocycles. The zero-order valence-electron chi connectivity index (χ0n) is 5.38. The Morgan fingerprint density at radius 1 is 1.50 bits per heavy atom. The zero-order valence-corrected chi connectivity index (χ0v) is 6.13. The van der Waals surface area contributed by atoms with Crippen LogP contribution in [0, 0.1) is 10.2 Å². The van der Waals surface area contributed by atoms with E-state index in [0.717, 1.165) is 0 Å². The number of nitrogens with two attached hydrogens (primary N) is 1. The molecular weight excluding hydrogens is 196 g/mol. The van der Waals surface area contributed by atoms with Crippen molar-refractivity contribution >= 4 is 5.95 Å². The van der Waals surface area contributed by atoms with Crippen LogP contribution in [0.15, 0.2) is 0 Å². The molecule has 0 aliphatic heterocycles. The first-order chi connectivity index (χ1) is 5.49. The van der Waals surface area contributed by atoms with Gasteiger partial charge in [-0.25, -0.2) is 0 Å². The molecule has 0 aromatic carbocycles. The summed E-state index contributed by atoms with van der Waals surface area (Å²) in [6.07, 6.45) is 0. The lowest BCUT2D eigenvalue weighted by atomic mass is 11.1. The van der Waals surface area contributed by atoms with E-state index >= 15 is 0 Å². The molecule has 0 bridgehead atoms. The van der Waals surface area contributed by atoms with E-state index in [-0.39, 0.29) is 5.95 Å². The standard InChI is InChI=1S/CH3ClN6O4/c3-1-4-5-6-8(1)7-12-2(9,10)11/h7H,(H2,3,4,6). The second kappa shape index (κ2) is 3.04. The molecule has 0 radical (unpaired) electrons. The summed E-state index contributed by atoms with van der Waals surface area (Å²) in [7, 11) is -4.59. The Morgan fingerprint density at radius 2 is 2.17 bits per heavy atom. The van der Waals surface area contributed by atoms with Gasteiger partial charge in [-0.3, -0.25) is 0 Å². The van der Waals surface area contributed by atoms with Crippen LogP contribution in [-0.4, -0.2) is 20.3 Å². The molecule has 1 aromatic rings. The van der Waals surface area contributed by atoms with Crippen molar-refractivity contribution in [3.8, 4) is 0 Å². The van der Waals surface area contributed by atoms with Crippen LogP contribution in [0.25, 0.3) is 0 Å². The molecule has 0 atom stereocenters. The van der Waals surface area contributed by atoms with E-state index in [1.807, 2.05) is 0 Å². The third-order valence-corrected chi connectivity index (χ3v) is 0.967. The van der Waals surface area contributed by atoms with Gasteiger partial charge in [0.15, 0.2) is 0 Å². The third-order valence-electron chi connectivity index (χ3n) is 0.709. The Bertz CT molecular complexity index is 254. The van der Waals surface area contributed by atoms with Gasteiger partial charge in [0.1, 0.15) is 10.2 Å². The molecule has 0 unspecified atom stereocenters. The van der Waals surface area contributed by atoms with Crippen LogP contribution >= 0.6 is 0 Å². The fraction of sp³-hybridized carbons (Fsp3) is 0. The van der Waals surface area contributed by atoms with Gasteiger partial charge in [-0.2, -0.15) is 14.0 Å². The Balaban J connectivity index is 2.49.